The molecule has 1 aromatic rings. The van der Waals surface area contributed by atoms with Crippen molar-refractivity contribution in [3.63, 3.8) is 0 Å². The van der Waals surface area contributed by atoms with Crippen LogP contribution in [-0.4, -0.2) is 29.8 Å². The zero-order chi connectivity index (χ0) is 15.5. The average Bonchev–Trinajstić information content (AvgIpc) is 2.73. The minimum absolute atomic E-state index is 0.0279. The van der Waals surface area contributed by atoms with Crippen LogP contribution in [0.25, 0.3) is 0 Å². The van der Waals surface area contributed by atoms with E-state index < -0.39 is 29.0 Å². The number of amides is 1. The predicted molar refractivity (Wildman–Crippen MR) is 64.0 cm³/mol. The monoisotopic (exact) mass is 305 g/mol. The summed E-state index contributed by atoms with van der Waals surface area (Å²) < 4.78 is 63.8. The highest BCUT2D eigenvalue weighted by Crippen LogP contribution is 2.65. The topological polar surface area (TPSA) is 20.3 Å². The van der Waals surface area contributed by atoms with Crippen LogP contribution < -0.4 is 0 Å². The Morgan fingerprint density at radius 1 is 1.14 bits per heavy atom. The maximum Gasteiger partial charge on any atom is 0.416 e. The number of rotatable bonds is 1. The lowest BCUT2D eigenvalue weighted by atomic mass is 10.1. The molecule has 21 heavy (non-hydrogen) atoms. The molecular weight excluding hydrogens is 293 g/mol. The molecule has 2 fully saturated rings. The maximum atomic E-state index is 13.3. The first kappa shape index (κ1) is 14.3. The summed E-state index contributed by atoms with van der Waals surface area (Å²) in [7, 11) is 0. The zero-order valence-electron chi connectivity index (χ0n) is 10.9. The molecule has 3 rings (SSSR count). The Balaban J connectivity index is 1.72. The first-order chi connectivity index (χ1) is 9.65. The molecule has 1 saturated carbocycles. The van der Waals surface area contributed by atoms with Crippen molar-refractivity contribution >= 4 is 5.91 Å². The van der Waals surface area contributed by atoms with Crippen molar-refractivity contribution in [2.24, 2.45) is 5.41 Å². The summed E-state index contributed by atoms with van der Waals surface area (Å²) in [6.07, 6.45) is -4.43. The van der Waals surface area contributed by atoms with Crippen molar-refractivity contribution < 1.29 is 26.7 Å². The highest BCUT2D eigenvalue weighted by Gasteiger charge is 2.73. The standard InChI is InChI=1S/C14H12F5NO/c15-13(16)7-12(13)5-6-20(8-12)11(21)9-1-3-10(4-2-9)14(17,18)19/h1-4H,5-8H2. The van der Waals surface area contributed by atoms with Crippen LogP contribution in [0.4, 0.5) is 22.0 Å². The molecule has 0 N–H and O–H groups in total. The number of likely N-dealkylation sites (tertiary alicyclic amines) is 1. The van der Waals surface area contributed by atoms with E-state index in [-0.39, 0.29) is 31.5 Å². The number of hydrogen-bond acceptors (Lipinski definition) is 1. The molecule has 0 radical (unpaired) electrons. The Kier molecular flexibility index (Phi) is 2.84. The van der Waals surface area contributed by atoms with Crippen molar-refractivity contribution in [1.29, 1.82) is 0 Å². The molecule has 1 saturated heterocycles. The molecule has 1 aliphatic heterocycles. The zero-order valence-corrected chi connectivity index (χ0v) is 10.9. The summed E-state index contributed by atoms with van der Waals surface area (Å²) in [6, 6.07) is 3.82. The Bertz CT molecular complexity index is 580. The first-order valence-electron chi connectivity index (χ1n) is 6.49. The third-order valence-corrected chi connectivity index (χ3v) is 4.31. The van der Waals surface area contributed by atoms with Crippen molar-refractivity contribution in [3.8, 4) is 0 Å². The number of carbonyl (C=O) groups excluding carboxylic acids is 1. The molecule has 1 amide bonds. The third kappa shape index (κ3) is 2.28. The summed E-state index contributed by atoms with van der Waals surface area (Å²) in [5, 5.41) is 0. The largest absolute Gasteiger partial charge is 0.416 e. The first-order valence-corrected chi connectivity index (χ1v) is 6.49. The summed E-state index contributed by atoms with van der Waals surface area (Å²) in [5.74, 6) is -3.22. The van der Waals surface area contributed by atoms with E-state index in [2.05, 4.69) is 0 Å². The molecule has 0 aromatic heterocycles. The van der Waals surface area contributed by atoms with E-state index in [4.69, 9.17) is 0 Å². The van der Waals surface area contributed by atoms with Crippen LogP contribution in [0.2, 0.25) is 0 Å². The third-order valence-electron chi connectivity index (χ3n) is 4.31. The van der Waals surface area contributed by atoms with Gasteiger partial charge in [-0.15, -0.1) is 0 Å². The summed E-state index contributed by atoms with van der Waals surface area (Å²) in [6.45, 7) is 0.190. The fourth-order valence-electron chi connectivity index (χ4n) is 2.85. The van der Waals surface area contributed by atoms with Crippen LogP contribution in [0.15, 0.2) is 24.3 Å². The number of nitrogens with zero attached hydrogens (tertiary/aromatic N) is 1. The number of halogens is 5. The van der Waals surface area contributed by atoms with Gasteiger partial charge in [-0.3, -0.25) is 4.79 Å². The second-order valence-corrected chi connectivity index (χ2v) is 5.71. The van der Waals surface area contributed by atoms with Gasteiger partial charge in [-0.25, -0.2) is 8.78 Å². The Labute approximate surface area is 117 Å². The predicted octanol–water partition coefficient (Wildman–Crippen LogP) is 3.58. The van der Waals surface area contributed by atoms with Crippen molar-refractivity contribution in [3.05, 3.63) is 35.4 Å². The van der Waals surface area contributed by atoms with Crippen LogP contribution in [0, 0.1) is 5.41 Å². The van der Waals surface area contributed by atoms with E-state index in [1.54, 1.807) is 0 Å². The average molecular weight is 305 g/mol. The van der Waals surface area contributed by atoms with Gasteiger partial charge in [0.25, 0.3) is 11.8 Å². The number of alkyl halides is 5. The Hall–Kier alpha value is -1.66. The van der Waals surface area contributed by atoms with E-state index in [1.165, 1.54) is 4.90 Å². The molecule has 2 aliphatic rings. The summed E-state index contributed by atoms with van der Waals surface area (Å²) in [5.41, 5.74) is -1.86. The van der Waals surface area contributed by atoms with Crippen LogP contribution in [0.1, 0.15) is 28.8 Å². The van der Waals surface area contributed by atoms with E-state index in [9.17, 15) is 26.7 Å². The smallest absolute Gasteiger partial charge is 0.338 e. The maximum absolute atomic E-state index is 13.3. The SMILES string of the molecule is O=C(c1ccc(C(F)(F)F)cc1)N1CCC2(C1)CC2(F)F. The lowest BCUT2D eigenvalue weighted by molar-refractivity contribution is -0.137. The second kappa shape index (κ2) is 4.18. The van der Waals surface area contributed by atoms with Gasteiger partial charge in [0.05, 0.1) is 11.0 Å². The fourth-order valence-corrected chi connectivity index (χ4v) is 2.85. The Morgan fingerprint density at radius 3 is 2.14 bits per heavy atom. The van der Waals surface area contributed by atoms with E-state index in [0.717, 1.165) is 24.3 Å². The van der Waals surface area contributed by atoms with Gasteiger partial charge >= 0.3 is 6.18 Å². The van der Waals surface area contributed by atoms with Crippen LogP contribution >= 0.6 is 0 Å². The second-order valence-electron chi connectivity index (χ2n) is 5.71. The molecule has 1 aliphatic carbocycles. The van der Waals surface area contributed by atoms with Crippen molar-refractivity contribution in [1.82, 2.24) is 4.90 Å². The van der Waals surface area contributed by atoms with Gasteiger partial charge in [-0.1, -0.05) is 0 Å². The molecule has 7 heteroatoms. The van der Waals surface area contributed by atoms with Gasteiger partial charge in [0.1, 0.15) is 0 Å². The molecule has 114 valence electrons. The lowest BCUT2D eigenvalue weighted by Gasteiger charge is -2.17. The van der Waals surface area contributed by atoms with Gasteiger partial charge in [-0.2, -0.15) is 13.2 Å². The van der Waals surface area contributed by atoms with Gasteiger partial charge in [0.2, 0.25) is 0 Å². The molecule has 2 nitrogen and oxygen atoms in total. The van der Waals surface area contributed by atoms with Crippen molar-refractivity contribution in [2.45, 2.75) is 24.9 Å². The van der Waals surface area contributed by atoms with Gasteiger partial charge in [0, 0.05) is 25.1 Å². The minimum Gasteiger partial charge on any atom is -0.338 e. The molecule has 1 heterocycles. The van der Waals surface area contributed by atoms with E-state index in [1.807, 2.05) is 0 Å². The van der Waals surface area contributed by atoms with Crippen LogP contribution in [0.3, 0.4) is 0 Å². The van der Waals surface area contributed by atoms with Gasteiger partial charge < -0.3 is 4.90 Å². The van der Waals surface area contributed by atoms with Gasteiger partial charge in [-0.05, 0) is 30.7 Å². The van der Waals surface area contributed by atoms with Gasteiger partial charge in [0.15, 0.2) is 0 Å². The minimum atomic E-state index is -4.46. The van der Waals surface area contributed by atoms with E-state index in [0.29, 0.717) is 0 Å². The fraction of sp³-hybridized carbons (Fsp3) is 0.500. The van der Waals surface area contributed by atoms with E-state index >= 15 is 0 Å². The highest BCUT2D eigenvalue weighted by molar-refractivity contribution is 5.94. The lowest BCUT2D eigenvalue weighted by Crippen LogP contribution is -2.29. The number of carbonyl (C=O) groups is 1. The Morgan fingerprint density at radius 2 is 1.71 bits per heavy atom. The number of benzene rings is 1. The van der Waals surface area contributed by atoms with Crippen LogP contribution in [-0.2, 0) is 6.18 Å². The molecule has 1 spiro atoms. The van der Waals surface area contributed by atoms with Crippen molar-refractivity contribution in [2.75, 3.05) is 13.1 Å². The summed E-state index contributed by atoms with van der Waals surface area (Å²) >= 11 is 0. The quantitative estimate of drug-likeness (QED) is 0.726. The molecule has 1 unspecified atom stereocenters. The molecule has 1 atom stereocenters. The van der Waals surface area contributed by atoms with Crippen LogP contribution in [0.5, 0.6) is 0 Å². The normalized spacial score (nSPS) is 27.2. The molecule has 1 aromatic carbocycles. The molecule has 0 bridgehead atoms. The highest BCUT2D eigenvalue weighted by atomic mass is 19.4. The molecular formula is C14H12F5NO. The number of hydrogen-bond donors (Lipinski definition) is 0. The summed E-state index contributed by atoms with van der Waals surface area (Å²) in [4.78, 5) is 13.4.